The van der Waals surface area contributed by atoms with E-state index in [1.54, 1.807) is 7.11 Å². The summed E-state index contributed by atoms with van der Waals surface area (Å²) in [6.07, 6.45) is 0. The van der Waals surface area contributed by atoms with Gasteiger partial charge in [-0.25, -0.2) is 0 Å². The zero-order chi connectivity index (χ0) is 10.6. The van der Waals surface area contributed by atoms with Gasteiger partial charge >= 0.3 is 0 Å². The average Bonchev–Trinajstić information content (AvgIpc) is 2.15. The normalized spacial score (nSPS) is 10.6. The first-order chi connectivity index (χ1) is 6.65. The van der Waals surface area contributed by atoms with Crippen LogP contribution in [0.4, 0.5) is 5.69 Å². The first kappa shape index (κ1) is 10.9. The second kappa shape index (κ2) is 4.86. The molecule has 0 saturated heterocycles. The van der Waals surface area contributed by atoms with Crippen molar-refractivity contribution in [2.45, 2.75) is 19.8 Å². The number of rotatable bonds is 4. The van der Waals surface area contributed by atoms with Crippen molar-refractivity contribution in [1.82, 2.24) is 0 Å². The summed E-state index contributed by atoms with van der Waals surface area (Å²) < 4.78 is 10.3. The first-order valence-corrected chi connectivity index (χ1v) is 4.66. The Morgan fingerprint density at radius 3 is 2.64 bits per heavy atom. The summed E-state index contributed by atoms with van der Waals surface area (Å²) in [5, 5.41) is 0. The summed E-state index contributed by atoms with van der Waals surface area (Å²) in [4.78, 5) is 0. The second-order valence-electron chi connectivity index (χ2n) is 3.50. The summed E-state index contributed by atoms with van der Waals surface area (Å²) in [6, 6.07) is 5.65. The van der Waals surface area contributed by atoms with Gasteiger partial charge < -0.3 is 15.2 Å². The summed E-state index contributed by atoms with van der Waals surface area (Å²) in [7, 11) is 1.60. The highest BCUT2D eigenvalue weighted by molar-refractivity contribution is 5.49. The van der Waals surface area contributed by atoms with Crippen molar-refractivity contribution >= 4 is 5.69 Å². The van der Waals surface area contributed by atoms with Gasteiger partial charge in [0.25, 0.3) is 0 Å². The number of benzene rings is 1. The van der Waals surface area contributed by atoms with Crippen molar-refractivity contribution in [3.8, 4) is 5.75 Å². The van der Waals surface area contributed by atoms with Crippen LogP contribution in [0.5, 0.6) is 5.75 Å². The van der Waals surface area contributed by atoms with Crippen LogP contribution in [0.25, 0.3) is 0 Å². The summed E-state index contributed by atoms with van der Waals surface area (Å²) in [5.41, 5.74) is 7.58. The van der Waals surface area contributed by atoms with Gasteiger partial charge in [0.2, 0.25) is 0 Å². The maximum Gasteiger partial charge on any atom is 0.188 e. The standard InChI is InChI=1S/C11H17NO2/c1-8(2)10-6-9(12)4-5-11(10)14-7-13-3/h4-6,8H,7,12H2,1-3H3. The highest BCUT2D eigenvalue weighted by atomic mass is 16.7. The molecule has 3 nitrogen and oxygen atoms in total. The van der Waals surface area contributed by atoms with E-state index in [0.717, 1.165) is 17.0 Å². The Hall–Kier alpha value is -1.22. The SMILES string of the molecule is COCOc1ccc(N)cc1C(C)C. The van der Waals surface area contributed by atoms with Gasteiger partial charge in [-0.3, -0.25) is 0 Å². The molecule has 0 aliphatic rings. The topological polar surface area (TPSA) is 44.5 Å². The smallest absolute Gasteiger partial charge is 0.188 e. The Kier molecular flexibility index (Phi) is 3.77. The van der Waals surface area contributed by atoms with E-state index in [0.29, 0.717) is 5.92 Å². The molecule has 0 spiro atoms. The molecule has 0 unspecified atom stereocenters. The summed E-state index contributed by atoms with van der Waals surface area (Å²) in [5.74, 6) is 1.24. The lowest BCUT2D eigenvalue weighted by Gasteiger charge is -2.13. The first-order valence-electron chi connectivity index (χ1n) is 4.66. The predicted molar refractivity (Wildman–Crippen MR) is 57.4 cm³/mol. The molecule has 0 bridgehead atoms. The van der Waals surface area contributed by atoms with Gasteiger partial charge in [0.1, 0.15) is 5.75 Å². The molecule has 0 amide bonds. The lowest BCUT2D eigenvalue weighted by Crippen LogP contribution is -2.03. The van der Waals surface area contributed by atoms with Crippen molar-refractivity contribution in [3.05, 3.63) is 23.8 Å². The maximum atomic E-state index is 5.71. The van der Waals surface area contributed by atoms with Crippen LogP contribution in [0.3, 0.4) is 0 Å². The van der Waals surface area contributed by atoms with E-state index < -0.39 is 0 Å². The molecule has 0 radical (unpaired) electrons. The molecule has 14 heavy (non-hydrogen) atoms. The zero-order valence-corrected chi connectivity index (χ0v) is 8.91. The number of hydrogen-bond donors (Lipinski definition) is 1. The van der Waals surface area contributed by atoms with Crippen LogP contribution in [0.15, 0.2) is 18.2 Å². The molecule has 0 aliphatic heterocycles. The minimum absolute atomic E-state index is 0.267. The van der Waals surface area contributed by atoms with Gasteiger partial charge in [-0.05, 0) is 29.7 Å². The van der Waals surface area contributed by atoms with E-state index in [4.69, 9.17) is 15.2 Å². The molecule has 1 aromatic carbocycles. The number of nitrogens with two attached hydrogens (primary N) is 1. The molecule has 3 heteroatoms. The number of anilines is 1. The summed E-state index contributed by atoms with van der Waals surface area (Å²) >= 11 is 0. The molecule has 1 rings (SSSR count). The van der Waals surface area contributed by atoms with E-state index in [2.05, 4.69) is 13.8 Å². The highest BCUT2D eigenvalue weighted by Gasteiger charge is 2.07. The van der Waals surface area contributed by atoms with Crippen molar-refractivity contribution in [3.63, 3.8) is 0 Å². The Bertz CT molecular complexity index is 297. The molecule has 78 valence electrons. The van der Waals surface area contributed by atoms with Crippen molar-refractivity contribution < 1.29 is 9.47 Å². The second-order valence-corrected chi connectivity index (χ2v) is 3.50. The highest BCUT2D eigenvalue weighted by Crippen LogP contribution is 2.28. The number of nitrogen functional groups attached to an aromatic ring is 1. The minimum Gasteiger partial charge on any atom is -0.467 e. The predicted octanol–water partition coefficient (Wildman–Crippen LogP) is 2.37. The van der Waals surface area contributed by atoms with Crippen molar-refractivity contribution in [2.24, 2.45) is 0 Å². The third-order valence-electron chi connectivity index (χ3n) is 1.99. The van der Waals surface area contributed by atoms with E-state index in [-0.39, 0.29) is 6.79 Å². The van der Waals surface area contributed by atoms with Crippen LogP contribution in [0.2, 0.25) is 0 Å². The third-order valence-corrected chi connectivity index (χ3v) is 1.99. The average molecular weight is 195 g/mol. The molecule has 0 fully saturated rings. The van der Waals surface area contributed by atoms with Gasteiger partial charge in [0.15, 0.2) is 6.79 Å². The van der Waals surface area contributed by atoms with Gasteiger partial charge in [-0.1, -0.05) is 13.8 Å². The minimum atomic E-state index is 0.267. The Morgan fingerprint density at radius 1 is 1.36 bits per heavy atom. The quantitative estimate of drug-likeness (QED) is 0.592. The number of methoxy groups -OCH3 is 1. The van der Waals surface area contributed by atoms with E-state index >= 15 is 0 Å². The van der Waals surface area contributed by atoms with Gasteiger partial charge in [-0.2, -0.15) is 0 Å². The van der Waals surface area contributed by atoms with E-state index in [1.807, 2.05) is 18.2 Å². The van der Waals surface area contributed by atoms with E-state index in [1.165, 1.54) is 0 Å². The van der Waals surface area contributed by atoms with Crippen LogP contribution in [-0.4, -0.2) is 13.9 Å². The molecular weight excluding hydrogens is 178 g/mol. The molecule has 0 aromatic heterocycles. The number of ether oxygens (including phenoxy) is 2. The van der Waals surface area contributed by atoms with Crippen LogP contribution < -0.4 is 10.5 Å². The molecule has 0 aliphatic carbocycles. The molecule has 0 atom stereocenters. The van der Waals surface area contributed by atoms with Crippen molar-refractivity contribution in [1.29, 1.82) is 0 Å². The molecule has 0 heterocycles. The largest absolute Gasteiger partial charge is 0.467 e. The zero-order valence-electron chi connectivity index (χ0n) is 8.91. The Morgan fingerprint density at radius 2 is 2.07 bits per heavy atom. The fraction of sp³-hybridized carbons (Fsp3) is 0.455. The van der Waals surface area contributed by atoms with Crippen LogP contribution >= 0.6 is 0 Å². The van der Waals surface area contributed by atoms with Gasteiger partial charge in [0, 0.05) is 12.8 Å². The fourth-order valence-electron chi connectivity index (χ4n) is 1.27. The fourth-order valence-corrected chi connectivity index (χ4v) is 1.27. The number of hydrogen-bond acceptors (Lipinski definition) is 3. The third kappa shape index (κ3) is 2.64. The molecule has 0 saturated carbocycles. The maximum absolute atomic E-state index is 5.71. The molecular formula is C11H17NO2. The molecule has 1 aromatic rings. The monoisotopic (exact) mass is 195 g/mol. The lowest BCUT2D eigenvalue weighted by atomic mass is 10.0. The summed E-state index contributed by atoms with van der Waals surface area (Å²) in [6.45, 7) is 4.48. The Balaban J connectivity index is 2.90. The van der Waals surface area contributed by atoms with Crippen LogP contribution in [0, 0.1) is 0 Å². The van der Waals surface area contributed by atoms with E-state index in [9.17, 15) is 0 Å². The van der Waals surface area contributed by atoms with Crippen molar-refractivity contribution in [2.75, 3.05) is 19.6 Å². The Labute approximate surface area is 84.8 Å². The molecule has 2 N–H and O–H groups in total. The van der Waals surface area contributed by atoms with Gasteiger partial charge in [-0.15, -0.1) is 0 Å². The van der Waals surface area contributed by atoms with Crippen LogP contribution in [-0.2, 0) is 4.74 Å². The van der Waals surface area contributed by atoms with Gasteiger partial charge in [0.05, 0.1) is 0 Å². The lowest BCUT2D eigenvalue weighted by molar-refractivity contribution is 0.0503. The van der Waals surface area contributed by atoms with Crippen LogP contribution in [0.1, 0.15) is 25.3 Å².